The summed E-state index contributed by atoms with van der Waals surface area (Å²) in [5.74, 6) is 0. The topological polar surface area (TPSA) is 27.7 Å². The second kappa shape index (κ2) is 32.9. The number of unbranched alkanes of at least 4 members (excludes halogenated alkanes) is 21. The van der Waals surface area contributed by atoms with Crippen molar-refractivity contribution in [1.82, 2.24) is 0 Å². The van der Waals surface area contributed by atoms with Gasteiger partial charge in [0.05, 0.1) is 26.4 Å². The molecule has 0 atom stereocenters. The van der Waals surface area contributed by atoms with Gasteiger partial charge in [-0.3, -0.25) is 0 Å². The van der Waals surface area contributed by atoms with E-state index in [-0.39, 0.29) is 0 Å². The Hall–Kier alpha value is -0.120. The van der Waals surface area contributed by atoms with Gasteiger partial charge in [-0.25, -0.2) is 0 Å². The minimum Gasteiger partial charge on any atom is -0.379 e. The third-order valence-corrected chi connectivity index (χ3v) is 6.78. The lowest BCUT2D eigenvalue weighted by molar-refractivity contribution is 0.0132. The largest absolute Gasteiger partial charge is 0.379 e. The Morgan fingerprint density at radius 1 is 0.235 bits per heavy atom. The third kappa shape index (κ3) is 31.9. The van der Waals surface area contributed by atoms with Gasteiger partial charge in [-0.2, -0.15) is 0 Å². The standard InChI is InChI=1S/C31H64O3/c1-3-5-7-9-11-13-15-16-17-19-21-23-25-27-33-29-31-34-30-28-32-26-24-22-20-18-14-12-10-8-6-4-2/h3-31H2,1-2H3. The zero-order valence-electron chi connectivity index (χ0n) is 23.7. The van der Waals surface area contributed by atoms with Crippen molar-refractivity contribution in [2.24, 2.45) is 0 Å². The van der Waals surface area contributed by atoms with Crippen molar-refractivity contribution < 1.29 is 14.2 Å². The van der Waals surface area contributed by atoms with Crippen LogP contribution in [0.5, 0.6) is 0 Å². The van der Waals surface area contributed by atoms with Gasteiger partial charge in [0.1, 0.15) is 0 Å². The minimum atomic E-state index is 0.694. The van der Waals surface area contributed by atoms with E-state index >= 15 is 0 Å². The average Bonchev–Trinajstić information content (AvgIpc) is 2.85. The van der Waals surface area contributed by atoms with Crippen molar-refractivity contribution in [3.8, 4) is 0 Å². The van der Waals surface area contributed by atoms with Crippen LogP contribution in [0.25, 0.3) is 0 Å². The van der Waals surface area contributed by atoms with Gasteiger partial charge in [-0.1, -0.05) is 149 Å². The molecule has 0 aromatic carbocycles. The maximum atomic E-state index is 5.69. The molecular weight excluding hydrogens is 420 g/mol. The number of ether oxygens (including phenoxy) is 3. The molecular formula is C31H64O3. The minimum absolute atomic E-state index is 0.694. The Kier molecular flexibility index (Phi) is 32.8. The molecule has 0 radical (unpaired) electrons. The van der Waals surface area contributed by atoms with Gasteiger partial charge in [0, 0.05) is 13.2 Å². The summed E-state index contributed by atoms with van der Waals surface area (Å²) < 4.78 is 17.0. The zero-order chi connectivity index (χ0) is 24.6. The number of hydrogen-bond acceptors (Lipinski definition) is 3. The van der Waals surface area contributed by atoms with E-state index in [1.165, 1.54) is 148 Å². The van der Waals surface area contributed by atoms with E-state index < -0.39 is 0 Å². The van der Waals surface area contributed by atoms with Crippen LogP contribution in [0.4, 0.5) is 0 Å². The van der Waals surface area contributed by atoms with Crippen LogP contribution in [0.3, 0.4) is 0 Å². The summed E-state index contributed by atoms with van der Waals surface area (Å²) in [4.78, 5) is 0. The maximum absolute atomic E-state index is 5.69. The van der Waals surface area contributed by atoms with Gasteiger partial charge < -0.3 is 14.2 Å². The molecule has 0 aromatic rings. The molecule has 0 unspecified atom stereocenters. The predicted octanol–water partition coefficient (Wildman–Crippen LogP) is 10.0. The molecule has 3 heteroatoms. The summed E-state index contributed by atoms with van der Waals surface area (Å²) in [6, 6.07) is 0. The van der Waals surface area contributed by atoms with Gasteiger partial charge in [-0.05, 0) is 12.8 Å². The summed E-state index contributed by atoms with van der Waals surface area (Å²) >= 11 is 0. The first-order valence-corrected chi connectivity index (χ1v) is 15.6. The summed E-state index contributed by atoms with van der Waals surface area (Å²) in [6.07, 6.45) is 31.9. The van der Waals surface area contributed by atoms with Gasteiger partial charge >= 0.3 is 0 Å². The lowest BCUT2D eigenvalue weighted by Crippen LogP contribution is -2.10. The van der Waals surface area contributed by atoms with E-state index in [1.807, 2.05) is 0 Å². The molecule has 0 N–H and O–H groups in total. The molecule has 0 amide bonds. The fraction of sp³-hybridized carbons (Fsp3) is 1.00. The van der Waals surface area contributed by atoms with Crippen molar-refractivity contribution in [3.05, 3.63) is 0 Å². The molecule has 0 aliphatic heterocycles. The fourth-order valence-electron chi connectivity index (χ4n) is 4.46. The highest BCUT2D eigenvalue weighted by atomic mass is 16.5. The van der Waals surface area contributed by atoms with E-state index in [0.29, 0.717) is 13.2 Å². The molecule has 0 aliphatic rings. The smallest absolute Gasteiger partial charge is 0.0701 e. The summed E-state index contributed by atoms with van der Waals surface area (Å²) in [6.45, 7) is 9.17. The van der Waals surface area contributed by atoms with Gasteiger partial charge in [0.15, 0.2) is 0 Å². The van der Waals surface area contributed by atoms with Crippen molar-refractivity contribution in [3.63, 3.8) is 0 Å². The third-order valence-electron chi connectivity index (χ3n) is 6.78. The van der Waals surface area contributed by atoms with Crippen molar-refractivity contribution in [2.45, 2.75) is 162 Å². The van der Waals surface area contributed by atoms with E-state index in [0.717, 1.165) is 26.4 Å². The van der Waals surface area contributed by atoms with E-state index in [9.17, 15) is 0 Å². The molecule has 0 aliphatic carbocycles. The highest BCUT2D eigenvalue weighted by Gasteiger charge is 1.96. The quantitative estimate of drug-likeness (QED) is 0.0916. The summed E-state index contributed by atoms with van der Waals surface area (Å²) in [5.41, 5.74) is 0. The highest BCUT2D eigenvalue weighted by molar-refractivity contribution is 4.49. The molecule has 3 nitrogen and oxygen atoms in total. The molecule has 0 rings (SSSR count). The molecule has 0 fully saturated rings. The fourth-order valence-corrected chi connectivity index (χ4v) is 4.46. The first-order chi connectivity index (χ1) is 16.9. The van der Waals surface area contributed by atoms with E-state index in [2.05, 4.69) is 13.8 Å². The molecule has 0 heterocycles. The molecule has 34 heavy (non-hydrogen) atoms. The molecule has 0 saturated heterocycles. The Morgan fingerprint density at radius 3 is 0.706 bits per heavy atom. The van der Waals surface area contributed by atoms with Crippen LogP contribution in [0.1, 0.15) is 162 Å². The summed E-state index contributed by atoms with van der Waals surface area (Å²) in [7, 11) is 0. The molecule has 0 spiro atoms. The van der Waals surface area contributed by atoms with Crippen molar-refractivity contribution in [2.75, 3.05) is 39.6 Å². The molecule has 0 bridgehead atoms. The second-order valence-electron chi connectivity index (χ2n) is 10.3. The normalized spacial score (nSPS) is 11.5. The monoisotopic (exact) mass is 484 g/mol. The lowest BCUT2D eigenvalue weighted by atomic mass is 10.0. The van der Waals surface area contributed by atoms with Crippen LogP contribution in [0, 0.1) is 0 Å². The molecule has 206 valence electrons. The lowest BCUT2D eigenvalue weighted by Gasteiger charge is -2.07. The van der Waals surface area contributed by atoms with Crippen LogP contribution in [0.2, 0.25) is 0 Å². The van der Waals surface area contributed by atoms with E-state index in [4.69, 9.17) is 14.2 Å². The van der Waals surface area contributed by atoms with Crippen LogP contribution in [0.15, 0.2) is 0 Å². The van der Waals surface area contributed by atoms with Gasteiger partial charge in [0.2, 0.25) is 0 Å². The van der Waals surface area contributed by atoms with Crippen molar-refractivity contribution >= 4 is 0 Å². The van der Waals surface area contributed by atoms with E-state index in [1.54, 1.807) is 0 Å². The first-order valence-electron chi connectivity index (χ1n) is 15.6. The first kappa shape index (κ1) is 33.9. The molecule has 0 aromatic heterocycles. The second-order valence-corrected chi connectivity index (χ2v) is 10.3. The van der Waals surface area contributed by atoms with Gasteiger partial charge in [0.25, 0.3) is 0 Å². The van der Waals surface area contributed by atoms with Crippen LogP contribution in [-0.2, 0) is 14.2 Å². The Labute approximate surface area is 215 Å². The van der Waals surface area contributed by atoms with Crippen LogP contribution < -0.4 is 0 Å². The summed E-state index contributed by atoms with van der Waals surface area (Å²) in [5, 5.41) is 0. The van der Waals surface area contributed by atoms with Crippen molar-refractivity contribution in [1.29, 1.82) is 0 Å². The predicted molar refractivity (Wildman–Crippen MR) is 150 cm³/mol. The van der Waals surface area contributed by atoms with Gasteiger partial charge in [-0.15, -0.1) is 0 Å². The SMILES string of the molecule is CCCCCCCCCCCCCCCOCCOCCOCCCCCCCCCCCC. The zero-order valence-corrected chi connectivity index (χ0v) is 23.7. The Bertz CT molecular complexity index is 303. The Balaban J connectivity index is 2.99. The van der Waals surface area contributed by atoms with Crippen LogP contribution >= 0.6 is 0 Å². The van der Waals surface area contributed by atoms with Crippen LogP contribution in [-0.4, -0.2) is 39.6 Å². The molecule has 0 saturated carbocycles. The Morgan fingerprint density at radius 2 is 0.441 bits per heavy atom. The maximum Gasteiger partial charge on any atom is 0.0701 e. The number of hydrogen-bond donors (Lipinski definition) is 0. The average molecular weight is 485 g/mol. The number of rotatable bonds is 31. The highest BCUT2D eigenvalue weighted by Crippen LogP contribution is 2.13.